The second kappa shape index (κ2) is 5.81. The number of aryl methyl sites for hydroxylation is 1. The molecule has 22 heavy (non-hydrogen) atoms. The van der Waals surface area contributed by atoms with Crippen molar-refractivity contribution in [1.82, 2.24) is 9.88 Å². The number of hydrogen-bond acceptors (Lipinski definition) is 4. The lowest BCUT2D eigenvalue weighted by Crippen LogP contribution is -2.47. The molecule has 1 aromatic carbocycles. The fraction of sp³-hybridized carbons (Fsp3) is 0.375. The molecule has 6 nitrogen and oxygen atoms in total. The number of likely N-dealkylation sites (tertiary alicyclic amines) is 1. The Morgan fingerprint density at radius 1 is 1.36 bits per heavy atom. The zero-order chi connectivity index (χ0) is 15.7. The molecule has 1 fully saturated rings. The number of H-pyrrole nitrogens is 1. The molecule has 2 heterocycles. The summed E-state index contributed by atoms with van der Waals surface area (Å²) < 4.78 is 0. The van der Waals surface area contributed by atoms with E-state index in [0.29, 0.717) is 6.42 Å². The Kier molecular flexibility index (Phi) is 3.85. The van der Waals surface area contributed by atoms with Gasteiger partial charge in [-0.25, -0.2) is 0 Å². The fourth-order valence-corrected chi connectivity index (χ4v) is 3.04. The van der Waals surface area contributed by atoms with Gasteiger partial charge in [0.25, 0.3) is 0 Å². The van der Waals surface area contributed by atoms with Crippen LogP contribution < -0.4 is 5.11 Å². The summed E-state index contributed by atoms with van der Waals surface area (Å²) in [5.74, 6) is -1.58. The normalized spacial score (nSPS) is 21.4. The van der Waals surface area contributed by atoms with Crippen LogP contribution in [0.3, 0.4) is 0 Å². The van der Waals surface area contributed by atoms with Crippen LogP contribution in [0.1, 0.15) is 18.4 Å². The number of aromatic amines is 1. The Labute approximate surface area is 127 Å². The third-order valence-corrected chi connectivity index (χ3v) is 4.15. The number of hydrogen-bond donors (Lipinski definition) is 2. The van der Waals surface area contributed by atoms with E-state index in [1.807, 2.05) is 30.5 Å². The zero-order valence-corrected chi connectivity index (χ0v) is 12.0. The number of β-amino-alcohol motifs (C(OH)–C–C–N with tert-alkyl or cyclic N) is 1. The molecular weight excluding hydrogens is 284 g/mol. The van der Waals surface area contributed by atoms with Crippen LogP contribution in [0, 0.1) is 0 Å². The number of rotatable bonds is 4. The van der Waals surface area contributed by atoms with Crippen molar-refractivity contribution in [1.29, 1.82) is 0 Å². The molecule has 0 bridgehead atoms. The highest BCUT2D eigenvalue weighted by Gasteiger charge is 2.34. The van der Waals surface area contributed by atoms with Crippen molar-refractivity contribution in [2.45, 2.75) is 31.4 Å². The van der Waals surface area contributed by atoms with Crippen LogP contribution >= 0.6 is 0 Å². The second-order valence-electron chi connectivity index (χ2n) is 5.63. The summed E-state index contributed by atoms with van der Waals surface area (Å²) in [4.78, 5) is 27.7. The minimum absolute atomic E-state index is 0.0428. The highest BCUT2D eigenvalue weighted by atomic mass is 16.4. The molecule has 2 atom stereocenters. The maximum absolute atomic E-state index is 12.3. The van der Waals surface area contributed by atoms with Gasteiger partial charge in [0, 0.05) is 36.5 Å². The Bertz CT molecular complexity index is 709. The zero-order valence-electron chi connectivity index (χ0n) is 12.0. The van der Waals surface area contributed by atoms with Gasteiger partial charge in [-0.1, -0.05) is 18.2 Å². The van der Waals surface area contributed by atoms with Gasteiger partial charge in [-0.3, -0.25) is 4.79 Å². The van der Waals surface area contributed by atoms with E-state index < -0.39 is 18.1 Å². The first-order chi connectivity index (χ1) is 10.6. The first-order valence-corrected chi connectivity index (χ1v) is 7.29. The summed E-state index contributed by atoms with van der Waals surface area (Å²) in [5.41, 5.74) is 2.03. The highest BCUT2D eigenvalue weighted by Crippen LogP contribution is 2.22. The number of aliphatic hydroxyl groups is 1. The van der Waals surface area contributed by atoms with Crippen LogP contribution in [0.5, 0.6) is 0 Å². The van der Waals surface area contributed by atoms with Crippen molar-refractivity contribution < 1.29 is 19.8 Å². The molecule has 1 amide bonds. The van der Waals surface area contributed by atoms with Crippen LogP contribution in [0.15, 0.2) is 30.5 Å². The lowest BCUT2D eigenvalue weighted by atomic mass is 10.1. The van der Waals surface area contributed by atoms with Crippen molar-refractivity contribution in [2.24, 2.45) is 0 Å². The summed E-state index contributed by atoms with van der Waals surface area (Å²) in [6.45, 7) is 0.0609. The van der Waals surface area contributed by atoms with Gasteiger partial charge in [-0.05, 0) is 18.1 Å². The molecule has 3 rings (SSSR count). The lowest BCUT2D eigenvalue weighted by molar-refractivity contribution is -0.310. The third-order valence-electron chi connectivity index (χ3n) is 4.15. The minimum Gasteiger partial charge on any atom is -0.548 e. The van der Waals surface area contributed by atoms with E-state index in [2.05, 4.69) is 4.98 Å². The van der Waals surface area contributed by atoms with Crippen LogP contribution in [0.25, 0.3) is 10.9 Å². The smallest absolute Gasteiger partial charge is 0.223 e. The molecule has 6 heteroatoms. The van der Waals surface area contributed by atoms with Gasteiger partial charge >= 0.3 is 0 Å². The highest BCUT2D eigenvalue weighted by molar-refractivity contribution is 5.86. The predicted molar refractivity (Wildman–Crippen MR) is 77.8 cm³/mol. The second-order valence-corrected chi connectivity index (χ2v) is 5.63. The van der Waals surface area contributed by atoms with E-state index >= 15 is 0 Å². The first kappa shape index (κ1) is 14.6. The summed E-state index contributed by atoms with van der Waals surface area (Å²) in [6, 6.07) is 6.79. The van der Waals surface area contributed by atoms with Crippen molar-refractivity contribution in [3.8, 4) is 0 Å². The van der Waals surface area contributed by atoms with Gasteiger partial charge in [0.2, 0.25) is 5.91 Å². The van der Waals surface area contributed by atoms with Gasteiger partial charge in [-0.15, -0.1) is 0 Å². The Balaban J connectivity index is 1.68. The Morgan fingerprint density at radius 3 is 2.91 bits per heavy atom. The quantitative estimate of drug-likeness (QED) is 0.818. The number of carboxylic acids is 1. The maximum Gasteiger partial charge on any atom is 0.223 e. The van der Waals surface area contributed by atoms with Crippen molar-refractivity contribution in [3.63, 3.8) is 0 Å². The number of aliphatic carboxylic acids is 1. The molecule has 1 aromatic heterocycles. The molecule has 1 aliphatic heterocycles. The number of nitrogens with zero attached hydrogens (tertiary/aromatic N) is 1. The molecule has 1 saturated heterocycles. The Morgan fingerprint density at radius 2 is 2.14 bits per heavy atom. The topological polar surface area (TPSA) is 96.5 Å². The number of carbonyl (C=O) groups excluding carboxylic acids is 2. The summed E-state index contributed by atoms with van der Waals surface area (Å²) in [7, 11) is 0. The van der Waals surface area contributed by atoms with E-state index in [9.17, 15) is 19.8 Å². The summed E-state index contributed by atoms with van der Waals surface area (Å²) in [5, 5.41) is 21.7. The number of aliphatic hydroxyl groups excluding tert-OH is 1. The van der Waals surface area contributed by atoms with Crippen LogP contribution in [-0.2, 0) is 16.0 Å². The molecule has 0 spiro atoms. The molecule has 0 saturated carbocycles. The number of carbonyl (C=O) groups is 2. The summed E-state index contributed by atoms with van der Waals surface area (Å²) in [6.07, 6.45) is 1.85. The van der Waals surface area contributed by atoms with Crippen molar-refractivity contribution >= 4 is 22.8 Å². The standard InChI is InChI=1S/C16H18N2O4/c19-11-7-14(16(21)22)18(9-11)15(20)6-5-10-8-17-13-4-2-1-3-12(10)13/h1-4,8,11,14,17,19H,5-7,9H2,(H,21,22)/p-1/t11-,14-/m0/s1. The van der Waals surface area contributed by atoms with Crippen LogP contribution in [0.2, 0.25) is 0 Å². The number of aromatic nitrogens is 1. The first-order valence-electron chi connectivity index (χ1n) is 7.29. The Hall–Kier alpha value is -2.34. The number of fused-ring (bicyclic) bond motifs is 1. The average Bonchev–Trinajstić information content (AvgIpc) is 3.08. The molecule has 2 N–H and O–H groups in total. The van der Waals surface area contributed by atoms with Gasteiger partial charge in [0.15, 0.2) is 0 Å². The van der Waals surface area contributed by atoms with Gasteiger partial charge in [0.1, 0.15) is 0 Å². The minimum atomic E-state index is -1.31. The van der Waals surface area contributed by atoms with Crippen LogP contribution in [-0.4, -0.2) is 45.6 Å². The molecule has 0 unspecified atom stereocenters. The van der Waals surface area contributed by atoms with Crippen molar-refractivity contribution in [2.75, 3.05) is 6.54 Å². The van der Waals surface area contributed by atoms with Gasteiger partial charge in [0.05, 0.1) is 18.1 Å². The fourth-order valence-electron chi connectivity index (χ4n) is 3.04. The van der Waals surface area contributed by atoms with Crippen LogP contribution in [0.4, 0.5) is 0 Å². The van der Waals surface area contributed by atoms with Crippen molar-refractivity contribution in [3.05, 3.63) is 36.0 Å². The average molecular weight is 301 g/mol. The number of para-hydroxylation sites is 1. The molecule has 116 valence electrons. The molecule has 1 aliphatic rings. The predicted octanol–water partition coefficient (Wildman–Crippen LogP) is -0.188. The van der Waals surface area contributed by atoms with Gasteiger partial charge in [-0.2, -0.15) is 0 Å². The van der Waals surface area contributed by atoms with Gasteiger partial charge < -0.3 is 24.9 Å². The number of nitrogens with one attached hydrogen (secondary N) is 1. The lowest BCUT2D eigenvalue weighted by Gasteiger charge is -2.25. The number of benzene rings is 1. The van der Waals surface area contributed by atoms with E-state index in [4.69, 9.17) is 0 Å². The SMILES string of the molecule is O=C([O-])[C@@H]1C[C@H](O)CN1C(=O)CCc1c[nH]c2ccccc12. The molecule has 0 aliphatic carbocycles. The number of carboxylic acid groups (broad SMARTS) is 1. The van der Waals surface area contributed by atoms with E-state index in [-0.39, 0.29) is 25.3 Å². The third kappa shape index (κ3) is 2.69. The molecular formula is C16H17N2O4-. The monoisotopic (exact) mass is 301 g/mol. The molecule has 2 aromatic rings. The largest absolute Gasteiger partial charge is 0.548 e. The van der Waals surface area contributed by atoms with E-state index in [1.165, 1.54) is 4.90 Å². The van der Waals surface area contributed by atoms with E-state index in [0.717, 1.165) is 16.5 Å². The van der Waals surface area contributed by atoms with E-state index in [1.54, 1.807) is 0 Å². The molecule has 0 radical (unpaired) electrons. The summed E-state index contributed by atoms with van der Waals surface area (Å²) >= 11 is 0. The number of amides is 1. The maximum atomic E-state index is 12.3.